The molecule has 17 heavy (non-hydrogen) atoms. The number of thiazole rings is 1. The van der Waals surface area contributed by atoms with Crippen LogP contribution >= 0.6 is 11.3 Å². The monoisotopic (exact) mass is 248 g/mol. The van der Waals surface area contributed by atoms with E-state index in [0.29, 0.717) is 5.92 Å². The minimum atomic E-state index is -0.242. The molecule has 2 fully saturated rings. The van der Waals surface area contributed by atoms with E-state index in [2.05, 4.69) is 11.4 Å². The van der Waals surface area contributed by atoms with Crippen molar-refractivity contribution in [1.29, 1.82) is 5.26 Å². The van der Waals surface area contributed by atoms with E-state index in [1.807, 2.05) is 0 Å². The molecule has 1 aromatic heterocycles. The molecule has 0 N–H and O–H groups in total. The molecule has 1 aliphatic carbocycles. The van der Waals surface area contributed by atoms with Crippen molar-refractivity contribution in [2.24, 2.45) is 0 Å². The summed E-state index contributed by atoms with van der Waals surface area (Å²) in [6.45, 7) is 1.70. The fraction of sp³-hybridized carbons (Fsp3) is 0.692. The van der Waals surface area contributed by atoms with Gasteiger partial charge in [-0.25, -0.2) is 4.98 Å². The third kappa shape index (κ3) is 1.88. The highest BCUT2D eigenvalue weighted by Crippen LogP contribution is 2.45. The average Bonchev–Trinajstić information content (AvgIpc) is 2.80. The van der Waals surface area contributed by atoms with E-state index in [1.165, 1.54) is 12.1 Å². The number of rotatable bonds is 2. The van der Waals surface area contributed by atoms with Crippen LogP contribution in [0.2, 0.25) is 0 Å². The summed E-state index contributed by atoms with van der Waals surface area (Å²) in [5.74, 6) is 0.546. The fourth-order valence-electron chi connectivity index (χ4n) is 2.59. The Balaban J connectivity index is 1.80. The number of ether oxygens (including phenoxy) is 1. The van der Waals surface area contributed by atoms with Crippen LogP contribution in [0.5, 0.6) is 0 Å². The molecule has 0 amide bonds. The van der Waals surface area contributed by atoms with Gasteiger partial charge in [-0.1, -0.05) is 0 Å². The van der Waals surface area contributed by atoms with Gasteiger partial charge in [0.2, 0.25) is 0 Å². The van der Waals surface area contributed by atoms with Crippen molar-refractivity contribution in [2.75, 3.05) is 13.2 Å². The molecule has 1 aliphatic heterocycles. The second kappa shape index (κ2) is 4.40. The average molecular weight is 248 g/mol. The predicted octanol–water partition coefficient (Wildman–Crippen LogP) is 2.98. The summed E-state index contributed by atoms with van der Waals surface area (Å²) < 4.78 is 5.37. The molecule has 0 unspecified atom stereocenters. The van der Waals surface area contributed by atoms with E-state index in [4.69, 9.17) is 9.72 Å². The lowest BCUT2D eigenvalue weighted by molar-refractivity contribution is 0.0845. The first-order valence-corrected chi connectivity index (χ1v) is 7.17. The lowest BCUT2D eigenvalue weighted by atomic mass is 9.70. The fourth-order valence-corrected chi connectivity index (χ4v) is 3.70. The van der Waals surface area contributed by atoms with E-state index in [-0.39, 0.29) is 5.41 Å². The van der Waals surface area contributed by atoms with Gasteiger partial charge in [0.15, 0.2) is 0 Å². The van der Waals surface area contributed by atoms with Gasteiger partial charge in [-0.3, -0.25) is 0 Å². The standard InChI is InChI=1S/C13H16N2OS/c14-9-13(4-1-5-13)12-15-11(8-17-12)10-2-6-16-7-3-10/h8,10H,1-7H2. The minimum Gasteiger partial charge on any atom is -0.381 e. The number of nitrogens with zero attached hydrogens (tertiary/aromatic N) is 2. The predicted molar refractivity (Wildman–Crippen MR) is 66.1 cm³/mol. The van der Waals surface area contributed by atoms with E-state index in [0.717, 1.165) is 43.9 Å². The van der Waals surface area contributed by atoms with Gasteiger partial charge in [0, 0.05) is 24.5 Å². The first kappa shape index (κ1) is 11.2. The highest BCUT2D eigenvalue weighted by atomic mass is 32.1. The number of aromatic nitrogens is 1. The third-order valence-electron chi connectivity index (χ3n) is 3.99. The van der Waals surface area contributed by atoms with Crippen molar-refractivity contribution >= 4 is 11.3 Å². The zero-order chi connectivity index (χ0) is 11.7. The second-order valence-electron chi connectivity index (χ2n) is 5.01. The highest BCUT2D eigenvalue weighted by Gasteiger charge is 2.42. The van der Waals surface area contributed by atoms with Crippen LogP contribution in [-0.2, 0) is 10.2 Å². The van der Waals surface area contributed by atoms with Crippen LogP contribution in [0.25, 0.3) is 0 Å². The highest BCUT2D eigenvalue weighted by molar-refractivity contribution is 7.09. The van der Waals surface area contributed by atoms with Crippen molar-refractivity contribution in [3.8, 4) is 6.07 Å². The molecule has 4 heteroatoms. The van der Waals surface area contributed by atoms with Crippen LogP contribution in [0.3, 0.4) is 0 Å². The first-order valence-electron chi connectivity index (χ1n) is 6.29. The maximum atomic E-state index is 9.31. The molecule has 2 aliphatic rings. The Morgan fingerprint density at radius 1 is 1.41 bits per heavy atom. The van der Waals surface area contributed by atoms with Crippen LogP contribution in [0.1, 0.15) is 48.7 Å². The molecule has 0 radical (unpaired) electrons. The van der Waals surface area contributed by atoms with Crippen molar-refractivity contribution in [3.63, 3.8) is 0 Å². The van der Waals surface area contributed by atoms with E-state index < -0.39 is 0 Å². The third-order valence-corrected chi connectivity index (χ3v) is 5.06. The maximum absolute atomic E-state index is 9.31. The molecular weight excluding hydrogens is 232 g/mol. The molecular formula is C13H16N2OS. The van der Waals surface area contributed by atoms with Gasteiger partial charge in [0.25, 0.3) is 0 Å². The first-order chi connectivity index (χ1) is 8.34. The molecule has 0 bridgehead atoms. The Bertz CT molecular complexity index is 439. The Labute approximate surface area is 105 Å². The van der Waals surface area contributed by atoms with Gasteiger partial charge in [-0.05, 0) is 32.1 Å². The molecule has 0 spiro atoms. The summed E-state index contributed by atoms with van der Waals surface area (Å²) in [4.78, 5) is 4.74. The number of hydrogen-bond acceptors (Lipinski definition) is 4. The lowest BCUT2D eigenvalue weighted by Crippen LogP contribution is -2.32. The molecule has 3 rings (SSSR count). The van der Waals surface area contributed by atoms with Gasteiger partial charge in [-0.2, -0.15) is 5.26 Å². The molecule has 3 nitrogen and oxygen atoms in total. The summed E-state index contributed by atoms with van der Waals surface area (Å²) >= 11 is 1.68. The Hall–Kier alpha value is -0.920. The minimum absolute atomic E-state index is 0.242. The molecule has 2 heterocycles. The lowest BCUT2D eigenvalue weighted by Gasteiger charge is -2.32. The van der Waals surface area contributed by atoms with Crippen molar-refractivity contribution < 1.29 is 4.74 Å². The van der Waals surface area contributed by atoms with Crippen LogP contribution < -0.4 is 0 Å². The molecule has 0 atom stereocenters. The number of hydrogen-bond donors (Lipinski definition) is 0. The summed E-state index contributed by atoms with van der Waals surface area (Å²) in [6.07, 6.45) is 5.29. The zero-order valence-electron chi connectivity index (χ0n) is 9.82. The maximum Gasteiger partial charge on any atom is 0.113 e. The van der Waals surface area contributed by atoms with Crippen LogP contribution in [0.4, 0.5) is 0 Å². The largest absolute Gasteiger partial charge is 0.381 e. The van der Waals surface area contributed by atoms with E-state index >= 15 is 0 Å². The van der Waals surface area contributed by atoms with E-state index in [9.17, 15) is 5.26 Å². The molecule has 1 saturated heterocycles. The molecule has 0 aromatic carbocycles. The van der Waals surface area contributed by atoms with Crippen LogP contribution in [0.15, 0.2) is 5.38 Å². The normalized spacial score (nSPS) is 23.9. The summed E-state index contributed by atoms with van der Waals surface area (Å²) in [7, 11) is 0. The molecule has 1 aromatic rings. The van der Waals surface area contributed by atoms with Gasteiger partial charge in [-0.15, -0.1) is 11.3 Å². The Morgan fingerprint density at radius 2 is 2.18 bits per heavy atom. The van der Waals surface area contributed by atoms with Crippen molar-refractivity contribution in [1.82, 2.24) is 4.98 Å². The smallest absolute Gasteiger partial charge is 0.113 e. The van der Waals surface area contributed by atoms with Gasteiger partial charge in [0.05, 0.1) is 11.8 Å². The summed E-state index contributed by atoms with van der Waals surface area (Å²) in [6, 6.07) is 2.47. The quantitative estimate of drug-likeness (QED) is 0.808. The van der Waals surface area contributed by atoms with Gasteiger partial charge in [0.1, 0.15) is 10.4 Å². The summed E-state index contributed by atoms with van der Waals surface area (Å²) in [5, 5.41) is 12.5. The Kier molecular flexibility index (Phi) is 2.89. The topological polar surface area (TPSA) is 45.9 Å². The van der Waals surface area contributed by atoms with Crippen LogP contribution in [-0.4, -0.2) is 18.2 Å². The zero-order valence-corrected chi connectivity index (χ0v) is 10.6. The summed E-state index contributed by atoms with van der Waals surface area (Å²) in [5.41, 5.74) is 0.948. The van der Waals surface area contributed by atoms with E-state index in [1.54, 1.807) is 11.3 Å². The van der Waals surface area contributed by atoms with Crippen molar-refractivity contribution in [2.45, 2.75) is 43.4 Å². The number of nitriles is 1. The van der Waals surface area contributed by atoms with Gasteiger partial charge >= 0.3 is 0 Å². The molecule has 1 saturated carbocycles. The SMILES string of the molecule is N#CC1(c2nc(C3CCOCC3)cs2)CCC1. The van der Waals surface area contributed by atoms with Crippen LogP contribution in [0, 0.1) is 11.3 Å². The second-order valence-corrected chi connectivity index (χ2v) is 5.87. The molecule has 90 valence electrons. The van der Waals surface area contributed by atoms with Gasteiger partial charge < -0.3 is 4.74 Å². The Morgan fingerprint density at radius 3 is 2.76 bits per heavy atom. The van der Waals surface area contributed by atoms with Crippen molar-refractivity contribution in [3.05, 3.63) is 16.1 Å².